The molecule has 0 bridgehead atoms. The number of likely N-dealkylation sites (tertiary alicyclic amines) is 1. The van der Waals surface area contributed by atoms with Crippen molar-refractivity contribution in [1.29, 1.82) is 0 Å². The minimum atomic E-state index is -2.65. The van der Waals surface area contributed by atoms with Gasteiger partial charge in [-0.15, -0.1) is 0 Å². The van der Waals surface area contributed by atoms with Crippen LogP contribution in [0.2, 0.25) is 0 Å². The zero-order valence-electron chi connectivity index (χ0n) is 11.6. The Morgan fingerprint density at radius 2 is 2.06 bits per heavy atom. The number of rotatable bonds is 4. The second kappa shape index (κ2) is 5.51. The molecule has 1 saturated heterocycles. The van der Waals surface area contributed by atoms with E-state index in [0.717, 1.165) is 0 Å². The van der Waals surface area contributed by atoms with Crippen molar-refractivity contribution in [2.24, 2.45) is 0 Å². The highest BCUT2D eigenvalue weighted by Gasteiger charge is 2.48. The van der Waals surface area contributed by atoms with Gasteiger partial charge in [0.2, 0.25) is 0 Å². The lowest BCUT2D eigenvalue weighted by molar-refractivity contribution is -0.143. The number of carbonyl (C=O) groups excluding carboxylic acids is 1. The van der Waals surface area contributed by atoms with Crippen molar-refractivity contribution in [2.45, 2.75) is 64.5 Å². The Morgan fingerprint density at radius 3 is 2.56 bits per heavy atom. The maximum Gasteiger partial charge on any atom is 0.305 e. The first-order valence-electron chi connectivity index (χ1n) is 6.46. The third-order valence-electron chi connectivity index (χ3n) is 3.23. The molecular formula is C13H23F2NO2. The summed E-state index contributed by atoms with van der Waals surface area (Å²) in [4.78, 5) is 13.1. The molecule has 106 valence electrons. The number of hydrogen-bond donors (Lipinski definition) is 0. The summed E-state index contributed by atoms with van der Waals surface area (Å²) in [6.45, 7) is 7.62. The van der Waals surface area contributed by atoms with Crippen molar-refractivity contribution < 1.29 is 18.3 Å². The molecule has 0 saturated carbocycles. The van der Waals surface area contributed by atoms with Gasteiger partial charge in [-0.1, -0.05) is 0 Å². The molecule has 0 spiro atoms. The first-order chi connectivity index (χ1) is 8.15. The number of ether oxygens (including phenoxy) is 1. The molecule has 0 unspecified atom stereocenters. The lowest BCUT2D eigenvalue weighted by atomic mass is 10.0. The van der Waals surface area contributed by atoms with Gasteiger partial charge < -0.3 is 4.74 Å². The fourth-order valence-electron chi connectivity index (χ4n) is 2.46. The van der Waals surface area contributed by atoms with Crippen LogP contribution in [0.1, 0.15) is 47.0 Å². The van der Waals surface area contributed by atoms with E-state index in [9.17, 15) is 13.6 Å². The Kier molecular flexibility index (Phi) is 4.70. The summed E-state index contributed by atoms with van der Waals surface area (Å²) in [6, 6.07) is -0.246. The first kappa shape index (κ1) is 15.3. The summed E-state index contributed by atoms with van der Waals surface area (Å²) in [7, 11) is 0. The van der Waals surface area contributed by atoms with E-state index in [-0.39, 0.29) is 36.9 Å². The van der Waals surface area contributed by atoms with Gasteiger partial charge in [-0.25, -0.2) is 8.78 Å². The van der Waals surface area contributed by atoms with Crippen molar-refractivity contribution >= 4 is 5.97 Å². The molecule has 1 aliphatic rings. The highest BCUT2D eigenvalue weighted by Crippen LogP contribution is 2.38. The summed E-state index contributed by atoms with van der Waals surface area (Å²) in [5.41, 5.74) is -0.306. The molecule has 0 aromatic heterocycles. The van der Waals surface area contributed by atoms with E-state index in [0.29, 0.717) is 13.0 Å². The van der Waals surface area contributed by atoms with Gasteiger partial charge in [0.1, 0.15) is 0 Å². The normalized spacial score (nSPS) is 24.2. The smallest absolute Gasteiger partial charge is 0.305 e. The summed E-state index contributed by atoms with van der Waals surface area (Å²) >= 11 is 0. The van der Waals surface area contributed by atoms with Gasteiger partial charge in [0, 0.05) is 24.4 Å². The lowest BCUT2D eigenvalue weighted by Gasteiger charge is -2.36. The SMILES string of the molecule is CCOC(=O)CC[C@H]1CC(F)(F)CN1C(C)(C)C. The van der Waals surface area contributed by atoms with Gasteiger partial charge in [0.05, 0.1) is 13.2 Å². The second-order valence-electron chi connectivity index (χ2n) is 5.86. The molecule has 1 atom stereocenters. The number of halogens is 2. The van der Waals surface area contributed by atoms with Gasteiger partial charge in [-0.3, -0.25) is 9.69 Å². The number of carbonyl (C=O) groups is 1. The lowest BCUT2D eigenvalue weighted by Crippen LogP contribution is -2.45. The molecule has 0 radical (unpaired) electrons. The van der Waals surface area contributed by atoms with Gasteiger partial charge >= 0.3 is 5.97 Å². The molecule has 18 heavy (non-hydrogen) atoms. The molecular weight excluding hydrogens is 240 g/mol. The third kappa shape index (κ3) is 4.19. The topological polar surface area (TPSA) is 29.5 Å². The Bertz CT molecular complexity index is 300. The Hall–Kier alpha value is -0.710. The Morgan fingerprint density at radius 1 is 1.44 bits per heavy atom. The van der Waals surface area contributed by atoms with Crippen molar-refractivity contribution in [3.05, 3.63) is 0 Å². The molecule has 0 aromatic carbocycles. The maximum absolute atomic E-state index is 13.5. The van der Waals surface area contributed by atoms with Crippen LogP contribution in [0.25, 0.3) is 0 Å². The fraction of sp³-hybridized carbons (Fsp3) is 0.923. The van der Waals surface area contributed by atoms with E-state index in [1.54, 1.807) is 11.8 Å². The van der Waals surface area contributed by atoms with Crippen LogP contribution in [0.5, 0.6) is 0 Å². The zero-order valence-corrected chi connectivity index (χ0v) is 11.6. The van der Waals surface area contributed by atoms with Crippen LogP contribution in [0.3, 0.4) is 0 Å². The summed E-state index contributed by atoms with van der Waals surface area (Å²) < 4.78 is 31.8. The fourth-order valence-corrected chi connectivity index (χ4v) is 2.46. The minimum Gasteiger partial charge on any atom is -0.466 e. The van der Waals surface area contributed by atoms with Crippen LogP contribution in [0, 0.1) is 0 Å². The second-order valence-corrected chi connectivity index (χ2v) is 5.86. The molecule has 1 fully saturated rings. The molecule has 0 amide bonds. The molecule has 0 aromatic rings. The number of alkyl halides is 2. The monoisotopic (exact) mass is 263 g/mol. The van der Waals surface area contributed by atoms with E-state index in [1.165, 1.54) is 0 Å². The van der Waals surface area contributed by atoms with Crippen LogP contribution < -0.4 is 0 Å². The number of esters is 1. The van der Waals surface area contributed by atoms with Crippen LogP contribution >= 0.6 is 0 Å². The Labute approximate surface area is 107 Å². The van der Waals surface area contributed by atoms with E-state index in [2.05, 4.69) is 0 Å². The van der Waals surface area contributed by atoms with Crippen LogP contribution in [0.4, 0.5) is 8.78 Å². The maximum atomic E-state index is 13.5. The van der Waals surface area contributed by atoms with Crippen molar-refractivity contribution in [2.75, 3.05) is 13.2 Å². The first-order valence-corrected chi connectivity index (χ1v) is 6.46. The van der Waals surface area contributed by atoms with E-state index >= 15 is 0 Å². The highest BCUT2D eigenvalue weighted by molar-refractivity contribution is 5.69. The zero-order chi connectivity index (χ0) is 14.0. The van der Waals surface area contributed by atoms with Crippen molar-refractivity contribution in [3.63, 3.8) is 0 Å². The van der Waals surface area contributed by atoms with Crippen LogP contribution in [-0.4, -0.2) is 41.5 Å². The largest absolute Gasteiger partial charge is 0.466 e. The molecule has 5 heteroatoms. The predicted molar refractivity (Wildman–Crippen MR) is 65.7 cm³/mol. The van der Waals surface area contributed by atoms with Gasteiger partial charge in [0.25, 0.3) is 5.92 Å². The number of nitrogens with zero attached hydrogens (tertiary/aromatic N) is 1. The Balaban J connectivity index is 2.59. The van der Waals surface area contributed by atoms with Gasteiger partial charge in [-0.05, 0) is 34.1 Å². The van der Waals surface area contributed by atoms with Crippen molar-refractivity contribution in [1.82, 2.24) is 4.90 Å². The van der Waals surface area contributed by atoms with Crippen molar-refractivity contribution in [3.8, 4) is 0 Å². The number of hydrogen-bond acceptors (Lipinski definition) is 3. The van der Waals surface area contributed by atoms with Crippen LogP contribution in [0.15, 0.2) is 0 Å². The van der Waals surface area contributed by atoms with Crippen LogP contribution in [-0.2, 0) is 9.53 Å². The summed E-state index contributed by atoms with van der Waals surface area (Å²) in [5.74, 6) is -2.95. The summed E-state index contributed by atoms with van der Waals surface area (Å²) in [6.07, 6.45) is 0.483. The highest BCUT2D eigenvalue weighted by atomic mass is 19.3. The van der Waals surface area contributed by atoms with E-state index in [1.807, 2.05) is 20.8 Å². The standard InChI is InChI=1S/C13H23F2NO2/c1-5-18-11(17)7-6-10-8-13(14,15)9-16(10)12(2,3)4/h10H,5-9H2,1-4H3/t10-/m0/s1. The third-order valence-corrected chi connectivity index (χ3v) is 3.23. The van der Waals surface area contributed by atoms with E-state index in [4.69, 9.17) is 4.74 Å². The predicted octanol–water partition coefficient (Wildman–Crippen LogP) is 2.84. The van der Waals surface area contributed by atoms with E-state index < -0.39 is 5.92 Å². The minimum absolute atomic E-state index is 0.163. The molecule has 0 N–H and O–H groups in total. The molecule has 1 aliphatic heterocycles. The molecule has 0 aliphatic carbocycles. The molecule has 3 nitrogen and oxygen atoms in total. The van der Waals surface area contributed by atoms with Gasteiger partial charge in [0.15, 0.2) is 0 Å². The quantitative estimate of drug-likeness (QED) is 0.730. The molecule has 1 heterocycles. The average Bonchev–Trinajstić information content (AvgIpc) is 2.51. The average molecular weight is 263 g/mol. The molecule has 1 rings (SSSR count). The summed E-state index contributed by atoms with van der Waals surface area (Å²) in [5, 5.41) is 0. The van der Waals surface area contributed by atoms with Gasteiger partial charge in [-0.2, -0.15) is 0 Å².